The predicted molar refractivity (Wildman–Crippen MR) is 74.0 cm³/mol. The average molecular weight is 301 g/mol. The van der Waals surface area contributed by atoms with Gasteiger partial charge in [-0.1, -0.05) is 0 Å². The highest BCUT2D eigenvalue weighted by Gasteiger charge is 2.34. The van der Waals surface area contributed by atoms with Gasteiger partial charge in [0.15, 0.2) is 5.60 Å². The first-order valence-electron chi connectivity index (χ1n) is 7.20. The summed E-state index contributed by atoms with van der Waals surface area (Å²) in [6, 6.07) is 0.00641. The lowest BCUT2D eigenvalue weighted by molar-refractivity contribution is -0.155. The summed E-state index contributed by atoms with van der Waals surface area (Å²) in [7, 11) is 0. The number of carboxylic acids is 1. The zero-order chi connectivity index (χ0) is 15.5. The molecule has 2 unspecified atom stereocenters. The number of carbonyl (C=O) groups is 2. The van der Waals surface area contributed by atoms with Gasteiger partial charge in [0.05, 0.1) is 19.8 Å². The number of morpholine rings is 1. The minimum atomic E-state index is -1.95. The molecule has 2 atom stereocenters. The first kappa shape index (κ1) is 16.0. The minimum absolute atomic E-state index is 0.306. The molecule has 0 aromatic carbocycles. The summed E-state index contributed by atoms with van der Waals surface area (Å²) in [4.78, 5) is 26.8. The zero-order valence-corrected chi connectivity index (χ0v) is 12.2. The Morgan fingerprint density at radius 3 is 2.62 bits per heavy atom. The van der Waals surface area contributed by atoms with E-state index in [4.69, 9.17) is 9.84 Å². The van der Waals surface area contributed by atoms with E-state index in [0.29, 0.717) is 19.1 Å². The first-order chi connectivity index (χ1) is 9.90. The van der Waals surface area contributed by atoms with Crippen molar-refractivity contribution in [2.75, 3.05) is 45.9 Å². The molecule has 3 N–H and O–H groups in total. The number of hydrogen-bond acceptors (Lipinski definition) is 5. The summed E-state index contributed by atoms with van der Waals surface area (Å²) in [6.45, 7) is 5.34. The molecule has 120 valence electrons. The minimum Gasteiger partial charge on any atom is -0.479 e. The summed E-state index contributed by atoms with van der Waals surface area (Å²) in [6.07, 6.45) is 0.905. The SMILES string of the molecule is CC(O)(CNC(=O)N1CCC(N2CCOCC2)C1)C(=O)O. The molecule has 0 aliphatic carbocycles. The van der Waals surface area contributed by atoms with Crippen LogP contribution in [0.1, 0.15) is 13.3 Å². The van der Waals surface area contributed by atoms with Crippen LogP contribution in [0.25, 0.3) is 0 Å². The molecule has 0 saturated carbocycles. The number of nitrogens with zero attached hydrogens (tertiary/aromatic N) is 2. The number of rotatable bonds is 4. The molecule has 21 heavy (non-hydrogen) atoms. The van der Waals surface area contributed by atoms with Crippen LogP contribution in [0.4, 0.5) is 4.79 Å². The molecule has 2 amide bonds. The van der Waals surface area contributed by atoms with Gasteiger partial charge in [-0.3, -0.25) is 4.90 Å². The number of carbonyl (C=O) groups excluding carboxylic acids is 1. The van der Waals surface area contributed by atoms with Gasteiger partial charge in [-0.05, 0) is 13.3 Å². The van der Waals surface area contributed by atoms with E-state index in [2.05, 4.69) is 10.2 Å². The van der Waals surface area contributed by atoms with Crippen molar-refractivity contribution < 1.29 is 24.5 Å². The fourth-order valence-electron chi connectivity index (χ4n) is 2.60. The van der Waals surface area contributed by atoms with Gasteiger partial charge >= 0.3 is 12.0 Å². The van der Waals surface area contributed by atoms with E-state index >= 15 is 0 Å². The number of aliphatic hydroxyl groups is 1. The third-order valence-corrected chi connectivity index (χ3v) is 4.06. The summed E-state index contributed by atoms with van der Waals surface area (Å²) in [5, 5.41) is 20.9. The van der Waals surface area contributed by atoms with Crippen molar-refractivity contribution in [1.29, 1.82) is 0 Å². The Bertz CT molecular complexity index is 395. The lowest BCUT2D eigenvalue weighted by Crippen LogP contribution is -2.50. The van der Waals surface area contributed by atoms with Gasteiger partial charge in [0.1, 0.15) is 0 Å². The van der Waals surface area contributed by atoms with Gasteiger partial charge in [-0.25, -0.2) is 9.59 Å². The number of amides is 2. The lowest BCUT2D eigenvalue weighted by Gasteiger charge is -2.32. The first-order valence-corrected chi connectivity index (χ1v) is 7.20. The Hall–Kier alpha value is -1.38. The molecule has 0 bridgehead atoms. The number of likely N-dealkylation sites (tertiary alicyclic amines) is 1. The fourth-order valence-corrected chi connectivity index (χ4v) is 2.60. The highest BCUT2D eigenvalue weighted by molar-refractivity contribution is 5.79. The summed E-state index contributed by atoms with van der Waals surface area (Å²) in [5.74, 6) is -1.35. The quantitative estimate of drug-likeness (QED) is 0.611. The van der Waals surface area contributed by atoms with E-state index < -0.39 is 11.6 Å². The molecule has 2 aliphatic heterocycles. The van der Waals surface area contributed by atoms with E-state index in [1.165, 1.54) is 0 Å². The highest BCUT2D eigenvalue weighted by atomic mass is 16.5. The average Bonchev–Trinajstić information content (AvgIpc) is 2.95. The van der Waals surface area contributed by atoms with Crippen LogP contribution in [0.15, 0.2) is 0 Å². The topological polar surface area (TPSA) is 102 Å². The van der Waals surface area contributed by atoms with Crippen LogP contribution in [0.5, 0.6) is 0 Å². The van der Waals surface area contributed by atoms with Crippen LogP contribution in [-0.4, -0.2) is 89.6 Å². The fraction of sp³-hybridized carbons (Fsp3) is 0.846. The molecule has 0 aromatic rings. The second-order valence-electron chi connectivity index (χ2n) is 5.77. The summed E-state index contributed by atoms with van der Waals surface area (Å²) < 4.78 is 5.31. The van der Waals surface area contributed by atoms with Gasteiger partial charge < -0.3 is 25.2 Å². The van der Waals surface area contributed by atoms with Crippen LogP contribution < -0.4 is 5.32 Å². The van der Waals surface area contributed by atoms with E-state index in [-0.39, 0.29) is 12.6 Å². The van der Waals surface area contributed by atoms with Crippen LogP contribution >= 0.6 is 0 Å². The van der Waals surface area contributed by atoms with Crippen molar-refractivity contribution in [1.82, 2.24) is 15.1 Å². The summed E-state index contributed by atoms with van der Waals surface area (Å²) in [5.41, 5.74) is -1.95. The second kappa shape index (κ2) is 6.59. The number of ether oxygens (including phenoxy) is 1. The normalized spacial score (nSPS) is 26.4. The van der Waals surface area contributed by atoms with E-state index in [1.54, 1.807) is 4.90 Å². The van der Waals surface area contributed by atoms with Crippen molar-refractivity contribution in [3.05, 3.63) is 0 Å². The van der Waals surface area contributed by atoms with Gasteiger partial charge in [0.25, 0.3) is 0 Å². The van der Waals surface area contributed by atoms with E-state index in [9.17, 15) is 14.7 Å². The van der Waals surface area contributed by atoms with Gasteiger partial charge in [-0.15, -0.1) is 0 Å². The molecular formula is C13H23N3O5. The molecule has 0 aromatic heterocycles. The molecular weight excluding hydrogens is 278 g/mol. The smallest absolute Gasteiger partial charge is 0.337 e. The van der Waals surface area contributed by atoms with Crippen LogP contribution in [0.3, 0.4) is 0 Å². The molecule has 2 saturated heterocycles. The van der Waals surface area contributed by atoms with Crippen molar-refractivity contribution in [2.24, 2.45) is 0 Å². The Morgan fingerprint density at radius 1 is 1.33 bits per heavy atom. The number of aliphatic carboxylic acids is 1. The number of hydrogen-bond donors (Lipinski definition) is 3. The zero-order valence-electron chi connectivity index (χ0n) is 12.2. The van der Waals surface area contributed by atoms with Gasteiger partial charge in [0.2, 0.25) is 0 Å². The van der Waals surface area contributed by atoms with Crippen molar-refractivity contribution in [3.63, 3.8) is 0 Å². The van der Waals surface area contributed by atoms with Crippen molar-refractivity contribution in [3.8, 4) is 0 Å². The maximum absolute atomic E-state index is 12.0. The Labute approximate surface area is 123 Å². The van der Waals surface area contributed by atoms with Gasteiger partial charge in [0, 0.05) is 32.2 Å². The Balaban J connectivity index is 1.78. The molecule has 0 radical (unpaired) electrons. The maximum Gasteiger partial charge on any atom is 0.337 e. The summed E-state index contributed by atoms with van der Waals surface area (Å²) >= 11 is 0. The Kier molecular flexibility index (Phi) is 5.02. The molecule has 8 nitrogen and oxygen atoms in total. The molecule has 0 spiro atoms. The van der Waals surface area contributed by atoms with Crippen LogP contribution in [0.2, 0.25) is 0 Å². The predicted octanol–water partition coefficient (Wildman–Crippen LogP) is -1.06. The van der Waals surface area contributed by atoms with Crippen molar-refractivity contribution in [2.45, 2.75) is 25.0 Å². The highest BCUT2D eigenvalue weighted by Crippen LogP contribution is 2.17. The van der Waals surface area contributed by atoms with Crippen molar-refractivity contribution >= 4 is 12.0 Å². The molecule has 2 rings (SSSR count). The second-order valence-corrected chi connectivity index (χ2v) is 5.77. The standard InChI is InChI=1S/C13H23N3O5/c1-13(20,11(17)18)9-14-12(19)16-3-2-10(8-16)15-4-6-21-7-5-15/h10,20H,2-9H2,1H3,(H,14,19)(H,17,18). The lowest BCUT2D eigenvalue weighted by atomic mass is 10.1. The third-order valence-electron chi connectivity index (χ3n) is 4.06. The Morgan fingerprint density at radius 2 is 2.00 bits per heavy atom. The number of urea groups is 1. The molecule has 2 heterocycles. The van der Waals surface area contributed by atoms with E-state index in [1.807, 2.05) is 0 Å². The van der Waals surface area contributed by atoms with Gasteiger partial charge in [-0.2, -0.15) is 0 Å². The molecule has 2 fully saturated rings. The van der Waals surface area contributed by atoms with Crippen LogP contribution in [-0.2, 0) is 9.53 Å². The number of nitrogens with one attached hydrogen (secondary N) is 1. The largest absolute Gasteiger partial charge is 0.479 e. The monoisotopic (exact) mass is 301 g/mol. The number of carboxylic acid groups (broad SMARTS) is 1. The van der Waals surface area contributed by atoms with Crippen LogP contribution in [0, 0.1) is 0 Å². The third kappa shape index (κ3) is 4.05. The van der Waals surface area contributed by atoms with E-state index in [0.717, 1.165) is 39.6 Å². The molecule has 8 heteroatoms. The maximum atomic E-state index is 12.0. The molecule has 2 aliphatic rings.